The van der Waals surface area contributed by atoms with Gasteiger partial charge in [0.15, 0.2) is 0 Å². The van der Waals surface area contributed by atoms with Crippen LogP contribution in [-0.4, -0.2) is 27.0 Å². The van der Waals surface area contributed by atoms with E-state index in [4.69, 9.17) is 15.4 Å². The number of rotatable bonds is 4. The number of aromatic nitrogens is 2. The van der Waals surface area contributed by atoms with Crippen LogP contribution in [0.1, 0.15) is 17.6 Å². The van der Waals surface area contributed by atoms with E-state index >= 15 is 0 Å². The van der Waals surface area contributed by atoms with Crippen LogP contribution < -0.4 is 5.73 Å². The lowest BCUT2D eigenvalue weighted by atomic mass is 10.1. The number of aliphatic hydroxyl groups excluding tert-OH is 2. The highest BCUT2D eigenvalue weighted by Gasteiger charge is 2.10. The molecule has 0 bridgehead atoms. The lowest BCUT2D eigenvalue weighted by Gasteiger charge is -2.07. The zero-order valence-electron chi connectivity index (χ0n) is 9.08. The normalized spacial score (nSPS) is 12.6. The molecule has 0 saturated heterocycles. The van der Waals surface area contributed by atoms with E-state index in [1.807, 2.05) is 0 Å². The van der Waals surface area contributed by atoms with E-state index in [-0.39, 0.29) is 13.2 Å². The van der Waals surface area contributed by atoms with Crippen molar-refractivity contribution in [2.24, 2.45) is 5.73 Å². The third kappa shape index (κ3) is 2.50. The lowest BCUT2D eigenvalue weighted by molar-refractivity contribution is 0.0956. The standard InChI is InChI=1S/C11H13N3O3/c12-5-10-13-11(14-17-10)8-3-1-2-7(4-8)9(16)6-15/h1-4,9,15-16H,5-6,12H2. The van der Waals surface area contributed by atoms with Crippen molar-refractivity contribution in [1.82, 2.24) is 10.1 Å². The Morgan fingerprint density at radius 3 is 2.88 bits per heavy atom. The molecule has 6 nitrogen and oxygen atoms in total. The summed E-state index contributed by atoms with van der Waals surface area (Å²) in [5, 5.41) is 22.2. The second-order valence-corrected chi connectivity index (χ2v) is 3.54. The van der Waals surface area contributed by atoms with Crippen molar-refractivity contribution in [2.75, 3.05) is 6.61 Å². The minimum absolute atomic E-state index is 0.186. The van der Waals surface area contributed by atoms with E-state index in [0.717, 1.165) is 0 Å². The van der Waals surface area contributed by atoms with Crippen molar-refractivity contribution in [3.63, 3.8) is 0 Å². The zero-order valence-corrected chi connectivity index (χ0v) is 9.08. The molecule has 0 saturated carbocycles. The molecule has 2 aromatic rings. The average molecular weight is 235 g/mol. The van der Waals surface area contributed by atoms with Crippen LogP contribution in [0.25, 0.3) is 11.4 Å². The van der Waals surface area contributed by atoms with E-state index in [0.29, 0.717) is 22.8 Å². The molecule has 17 heavy (non-hydrogen) atoms. The second-order valence-electron chi connectivity index (χ2n) is 3.54. The molecule has 1 atom stereocenters. The van der Waals surface area contributed by atoms with Crippen molar-refractivity contribution in [3.05, 3.63) is 35.7 Å². The molecule has 0 amide bonds. The van der Waals surface area contributed by atoms with Gasteiger partial charge in [-0.25, -0.2) is 0 Å². The van der Waals surface area contributed by atoms with Crippen molar-refractivity contribution < 1.29 is 14.7 Å². The summed E-state index contributed by atoms with van der Waals surface area (Å²) >= 11 is 0. The first-order valence-corrected chi connectivity index (χ1v) is 5.16. The number of aliphatic hydroxyl groups is 2. The summed E-state index contributed by atoms with van der Waals surface area (Å²) in [6, 6.07) is 6.96. The van der Waals surface area contributed by atoms with Crippen molar-refractivity contribution in [3.8, 4) is 11.4 Å². The molecule has 0 aliphatic heterocycles. The van der Waals surface area contributed by atoms with Gasteiger partial charge in [0.2, 0.25) is 11.7 Å². The Labute approximate surface area is 97.7 Å². The number of nitrogens with two attached hydrogens (primary N) is 1. The highest BCUT2D eigenvalue weighted by molar-refractivity contribution is 5.55. The van der Waals surface area contributed by atoms with Crippen LogP contribution in [-0.2, 0) is 6.54 Å². The summed E-state index contributed by atoms with van der Waals surface area (Å²) in [5.74, 6) is 0.769. The first kappa shape index (κ1) is 11.7. The molecule has 0 aliphatic carbocycles. The molecule has 1 aromatic heterocycles. The van der Waals surface area contributed by atoms with Gasteiger partial charge in [-0.1, -0.05) is 23.4 Å². The highest BCUT2D eigenvalue weighted by Crippen LogP contribution is 2.20. The van der Waals surface area contributed by atoms with Crippen LogP contribution in [0, 0.1) is 0 Å². The molecule has 0 fully saturated rings. The summed E-state index contributed by atoms with van der Waals surface area (Å²) in [7, 11) is 0. The highest BCUT2D eigenvalue weighted by atomic mass is 16.5. The van der Waals surface area contributed by atoms with E-state index in [2.05, 4.69) is 10.1 Å². The maximum Gasteiger partial charge on any atom is 0.240 e. The molecule has 0 aliphatic rings. The predicted octanol–water partition coefficient (Wildman–Crippen LogP) is 0.221. The van der Waals surface area contributed by atoms with E-state index in [9.17, 15) is 5.11 Å². The third-order valence-corrected chi connectivity index (χ3v) is 2.35. The minimum atomic E-state index is -0.907. The van der Waals surface area contributed by atoms with E-state index in [1.54, 1.807) is 24.3 Å². The molecule has 1 aromatic carbocycles. The maximum atomic E-state index is 9.52. The number of hydrogen-bond acceptors (Lipinski definition) is 6. The van der Waals surface area contributed by atoms with Crippen LogP contribution in [0.15, 0.2) is 28.8 Å². The topological polar surface area (TPSA) is 105 Å². The number of hydrogen-bond donors (Lipinski definition) is 3. The fourth-order valence-corrected chi connectivity index (χ4v) is 1.45. The molecule has 90 valence electrons. The number of benzene rings is 1. The van der Waals surface area contributed by atoms with Gasteiger partial charge >= 0.3 is 0 Å². The molecule has 0 spiro atoms. The summed E-state index contributed by atoms with van der Waals surface area (Å²) in [5.41, 5.74) is 6.68. The monoisotopic (exact) mass is 235 g/mol. The van der Waals surface area contributed by atoms with E-state index < -0.39 is 6.10 Å². The Morgan fingerprint density at radius 1 is 1.41 bits per heavy atom. The molecular weight excluding hydrogens is 222 g/mol. The first-order valence-electron chi connectivity index (χ1n) is 5.16. The van der Waals surface area contributed by atoms with Crippen molar-refractivity contribution in [1.29, 1.82) is 0 Å². The molecule has 4 N–H and O–H groups in total. The maximum absolute atomic E-state index is 9.52. The fourth-order valence-electron chi connectivity index (χ4n) is 1.45. The Balaban J connectivity index is 2.32. The third-order valence-electron chi connectivity index (χ3n) is 2.35. The van der Waals surface area contributed by atoms with Crippen molar-refractivity contribution >= 4 is 0 Å². The van der Waals surface area contributed by atoms with Gasteiger partial charge in [0.1, 0.15) is 6.10 Å². The Morgan fingerprint density at radius 2 is 2.24 bits per heavy atom. The summed E-state index contributed by atoms with van der Waals surface area (Å²) in [4.78, 5) is 4.08. The molecular formula is C11H13N3O3. The molecule has 1 heterocycles. The van der Waals surface area contributed by atoms with Crippen molar-refractivity contribution in [2.45, 2.75) is 12.6 Å². The molecule has 0 radical (unpaired) electrons. The zero-order chi connectivity index (χ0) is 12.3. The summed E-state index contributed by atoms with van der Waals surface area (Å²) in [6.07, 6.45) is -0.907. The van der Waals surface area contributed by atoms with Gasteiger partial charge in [0.05, 0.1) is 13.2 Å². The van der Waals surface area contributed by atoms with Gasteiger partial charge in [-0.2, -0.15) is 4.98 Å². The molecule has 6 heteroatoms. The van der Waals surface area contributed by atoms with Crippen LogP contribution in [0.5, 0.6) is 0 Å². The van der Waals surface area contributed by atoms with E-state index in [1.165, 1.54) is 0 Å². The smallest absolute Gasteiger partial charge is 0.240 e. The van der Waals surface area contributed by atoms with Crippen LogP contribution >= 0.6 is 0 Å². The van der Waals surface area contributed by atoms with Gasteiger partial charge < -0.3 is 20.5 Å². The second kappa shape index (κ2) is 5.05. The Bertz CT molecular complexity index is 498. The quantitative estimate of drug-likeness (QED) is 0.700. The fraction of sp³-hybridized carbons (Fsp3) is 0.273. The first-order chi connectivity index (χ1) is 8.24. The molecule has 2 rings (SSSR count). The lowest BCUT2D eigenvalue weighted by Crippen LogP contribution is -2.02. The summed E-state index contributed by atoms with van der Waals surface area (Å²) in [6.45, 7) is -0.143. The predicted molar refractivity (Wildman–Crippen MR) is 59.7 cm³/mol. The summed E-state index contributed by atoms with van der Waals surface area (Å²) < 4.78 is 4.90. The van der Waals surface area contributed by atoms with Crippen LogP contribution in [0.2, 0.25) is 0 Å². The van der Waals surface area contributed by atoms with Gasteiger partial charge in [-0.05, 0) is 11.6 Å². The SMILES string of the molecule is NCc1nc(-c2cccc(C(O)CO)c2)no1. The van der Waals surface area contributed by atoms with Gasteiger partial charge in [-0.15, -0.1) is 0 Å². The Kier molecular flexibility index (Phi) is 3.48. The molecule has 1 unspecified atom stereocenters. The van der Waals surface area contributed by atoms with Gasteiger partial charge in [-0.3, -0.25) is 0 Å². The number of nitrogens with zero attached hydrogens (tertiary/aromatic N) is 2. The minimum Gasteiger partial charge on any atom is -0.393 e. The van der Waals surface area contributed by atoms with Crippen LogP contribution in [0.3, 0.4) is 0 Å². The van der Waals surface area contributed by atoms with Gasteiger partial charge in [0, 0.05) is 5.56 Å². The Hall–Kier alpha value is -1.76. The van der Waals surface area contributed by atoms with Gasteiger partial charge in [0.25, 0.3) is 0 Å². The largest absolute Gasteiger partial charge is 0.393 e. The van der Waals surface area contributed by atoms with Crippen LogP contribution in [0.4, 0.5) is 0 Å². The average Bonchev–Trinajstić information content (AvgIpc) is 2.86.